The Morgan fingerprint density at radius 1 is 1.48 bits per heavy atom. The van der Waals surface area contributed by atoms with Crippen LogP contribution in [0.1, 0.15) is 23.8 Å². The lowest BCUT2D eigenvalue weighted by Gasteiger charge is -2.21. The van der Waals surface area contributed by atoms with Crippen molar-refractivity contribution in [1.29, 1.82) is 0 Å². The van der Waals surface area contributed by atoms with E-state index in [-0.39, 0.29) is 18.4 Å². The van der Waals surface area contributed by atoms with Crippen LogP contribution >= 0.6 is 11.6 Å². The number of hydrogen-bond donors (Lipinski definition) is 2. The van der Waals surface area contributed by atoms with Gasteiger partial charge in [-0.1, -0.05) is 11.6 Å². The molecule has 1 aromatic heterocycles. The number of carbonyl (C=O) groups excluding carboxylic acids is 3. The second-order valence-corrected chi connectivity index (χ2v) is 5.73. The van der Waals surface area contributed by atoms with Crippen molar-refractivity contribution in [3.8, 4) is 0 Å². The lowest BCUT2D eigenvalue weighted by atomic mass is 10.00. The van der Waals surface area contributed by atoms with E-state index in [0.29, 0.717) is 30.2 Å². The van der Waals surface area contributed by atoms with Gasteiger partial charge in [-0.3, -0.25) is 14.9 Å². The Hall–Kier alpha value is -2.02. The lowest BCUT2D eigenvalue weighted by Crippen LogP contribution is -2.49. The van der Waals surface area contributed by atoms with Gasteiger partial charge in [0, 0.05) is 19.3 Å². The average molecular weight is 311 g/mol. The molecule has 7 nitrogen and oxygen atoms in total. The molecule has 21 heavy (non-hydrogen) atoms. The molecule has 0 bridgehead atoms. The molecular formula is C13H15ClN4O3. The molecule has 2 saturated heterocycles. The maximum absolute atomic E-state index is 12.6. The minimum Gasteiger partial charge on any atom is -0.342 e. The summed E-state index contributed by atoms with van der Waals surface area (Å²) in [7, 11) is 0. The van der Waals surface area contributed by atoms with E-state index in [1.165, 1.54) is 0 Å². The topological polar surface area (TPSA) is 83.4 Å². The Morgan fingerprint density at radius 2 is 2.24 bits per heavy atom. The van der Waals surface area contributed by atoms with Crippen molar-refractivity contribution < 1.29 is 14.4 Å². The zero-order chi connectivity index (χ0) is 15.2. The molecule has 0 radical (unpaired) electrons. The Labute approximate surface area is 126 Å². The number of likely N-dealkylation sites (tertiary alicyclic amines) is 1. The van der Waals surface area contributed by atoms with E-state index in [2.05, 4.69) is 10.6 Å². The summed E-state index contributed by atoms with van der Waals surface area (Å²) >= 11 is 5.95. The molecule has 2 fully saturated rings. The van der Waals surface area contributed by atoms with Crippen LogP contribution in [0.2, 0.25) is 5.02 Å². The number of imide groups is 1. The number of rotatable bonds is 2. The van der Waals surface area contributed by atoms with Crippen LogP contribution in [0, 0.1) is 0 Å². The Morgan fingerprint density at radius 3 is 2.86 bits per heavy atom. The van der Waals surface area contributed by atoms with Crippen molar-refractivity contribution in [2.24, 2.45) is 0 Å². The maximum Gasteiger partial charge on any atom is 0.322 e. The van der Waals surface area contributed by atoms with E-state index in [1.54, 1.807) is 21.7 Å². The normalized spacial score (nSPS) is 24.6. The molecule has 2 N–H and O–H groups in total. The largest absolute Gasteiger partial charge is 0.342 e. The van der Waals surface area contributed by atoms with Crippen LogP contribution in [-0.2, 0) is 11.3 Å². The van der Waals surface area contributed by atoms with E-state index in [0.717, 1.165) is 0 Å². The predicted octanol–water partition coefficient (Wildman–Crippen LogP) is 0.586. The van der Waals surface area contributed by atoms with Crippen molar-refractivity contribution in [3.05, 3.63) is 23.0 Å². The molecule has 0 aliphatic carbocycles. The van der Waals surface area contributed by atoms with Crippen LogP contribution in [0.5, 0.6) is 0 Å². The summed E-state index contributed by atoms with van der Waals surface area (Å²) in [5.41, 5.74) is -0.496. The van der Waals surface area contributed by atoms with Gasteiger partial charge in [0.2, 0.25) is 0 Å². The average Bonchev–Trinajstić information content (AvgIpc) is 3.09. The fraction of sp³-hybridized carbons (Fsp3) is 0.462. The number of aryl methyl sites for hydroxylation is 1. The summed E-state index contributed by atoms with van der Waals surface area (Å²) in [6.07, 6.45) is 2.11. The van der Waals surface area contributed by atoms with E-state index < -0.39 is 11.6 Å². The number of urea groups is 1. The third kappa shape index (κ3) is 2.17. The van der Waals surface area contributed by atoms with E-state index >= 15 is 0 Å². The molecule has 1 aromatic rings. The molecule has 1 unspecified atom stereocenters. The number of aromatic nitrogens is 1. The molecule has 0 saturated carbocycles. The van der Waals surface area contributed by atoms with Gasteiger partial charge >= 0.3 is 6.03 Å². The zero-order valence-corrected chi connectivity index (χ0v) is 12.2. The van der Waals surface area contributed by atoms with Gasteiger partial charge in [-0.15, -0.1) is 0 Å². The summed E-state index contributed by atoms with van der Waals surface area (Å²) in [5.74, 6) is -0.554. The SMILES string of the molecule is CCn1cc(Cl)cc1C(=O)N1CCC2(C1)NC(=O)NC2=O. The second kappa shape index (κ2) is 4.77. The second-order valence-electron chi connectivity index (χ2n) is 5.30. The number of nitrogens with zero attached hydrogens (tertiary/aromatic N) is 2. The van der Waals surface area contributed by atoms with Crippen molar-refractivity contribution in [2.45, 2.75) is 25.4 Å². The van der Waals surface area contributed by atoms with Gasteiger partial charge in [-0.05, 0) is 19.4 Å². The fourth-order valence-electron chi connectivity index (χ4n) is 2.88. The van der Waals surface area contributed by atoms with Crippen molar-refractivity contribution in [3.63, 3.8) is 0 Å². The lowest BCUT2D eigenvalue weighted by molar-refractivity contribution is -0.123. The molecule has 3 heterocycles. The number of nitrogens with one attached hydrogen (secondary N) is 2. The number of hydrogen-bond acceptors (Lipinski definition) is 3. The summed E-state index contributed by atoms with van der Waals surface area (Å²) in [6.45, 7) is 3.14. The quantitative estimate of drug-likeness (QED) is 0.784. The number of carbonyl (C=O) groups is 3. The molecular weight excluding hydrogens is 296 g/mol. The molecule has 2 aliphatic rings. The van der Waals surface area contributed by atoms with Gasteiger partial charge in [-0.2, -0.15) is 0 Å². The molecule has 8 heteroatoms. The molecule has 0 aromatic carbocycles. The molecule has 2 aliphatic heterocycles. The zero-order valence-electron chi connectivity index (χ0n) is 11.5. The first-order valence-corrected chi connectivity index (χ1v) is 7.11. The molecule has 112 valence electrons. The molecule has 1 spiro atoms. The summed E-state index contributed by atoms with van der Waals surface area (Å²) in [6, 6.07) is 1.11. The highest BCUT2D eigenvalue weighted by Crippen LogP contribution is 2.26. The van der Waals surface area contributed by atoms with Crippen molar-refractivity contribution in [1.82, 2.24) is 20.1 Å². The fourth-order valence-corrected chi connectivity index (χ4v) is 3.10. The Balaban J connectivity index is 1.81. The first-order valence-electron chi connectivity index (χ1n) is 6.74. The molecule has 1 atom stereocenters. The highest BCUT2D eigenvalue weighted by atomic mass is 35.5. The summed E-state index contributed by atoms with van der Waals surface area (Å²) < 4.78 is 1.77. The monoisotopic (exact) mass is 310 g/mol. The van der Waals surface area contributed by atoms with E-state index in [4.69, 9.17) is 11.6 Å². The van der Waals surface area contributed by atoms with Crippen LogP contribution in [0.3, 0.4) is 0 Å². The van der Waals surface area contributed by atoms with Gasteiger partial charge in [-0.25, -0.2) is 4.79 Å². The van der Waals surface area contributed by atoms with E-state index in [1.807, 2.05) is 6.92 Å². The predicted molar refractivity (Wildman–Crippen MR) is 75.0 cm³/mol. The van der Waals surface area contributed by atoms with Gasteiger partial charge in [0.05, 0.1) is 11.6 Å². The highest BCUT2D eigenvalue weighted by Gasteiger charge is 2.51. The smallest absolute Gasteiger partial charge is 0.322 e. The third-order valence-electron chi connectivity index (χ3n) is 3.99. The van der Waals surface area contributed by atoms with Crippen LogP contribution in [0.25, 0.3) is 0 Å². The highest BCUT2D eigenvalue weighted by molar-refractivity contribution is 6.31. The summed E-state index contributed by atoms with van der Waals surface area (Å²) in [5, 5.41) is 5.35. The molecule has 3 rings (SSSR count). The Kier molecular flexibility index (Phi) is 3.16. The number of amides is 4. The van der Waals surface area contributed by atoms with Crippen LogP contribution in [0.4, 0.5) is 4.79 Å². The third-order valence-corrected chi connectivity index (χ3v) is 4.20. The van der Waals surface area contributed by atoms with Crippen LogP contribution in [-0.4, -0.2) is 45.9 Å². The first-order chi connectivity index (χ1) is 9.95. The summed E-state index contributed by atoms with van der Waals surface area (Å²) in [4.78, 5) is 37.3. The van der Waals surface area contributed by atoms with Gasteiger partial charge < -0.3 is 14.8 Å². The van der Waals surface area contributed by atoms with Crippen LogP contribution in [0.15, 0.2) is 12.3 Å². The number of halogens is 1. The minimum absolute atomic E-state index is 0.177. The van der Waals surface area contributed by atoms with Crippen molar-refractivity contribution >= 4 is 29.4 Å². The van der Waals surface area contributed by atoms with Crippen LogP contribution < -0.4 is 10.6 Å². The standard InChI is InChI=1S/C13H15ClN4O3/c1-2-17-6-8(14)5-9(17)10(19)18-4-3-13(7-18)11(20)15-12(21)16-13/h5-6H,2-4,7H2,1H3,(H2,15,16,20,21). The minimum atomic E-state index is -0.986. The van der Waals surface area contributed by atoms with Gasteiger partial charge in [0.25, 0.3) is 11.8 Å². The Bertz CT molecular complexity index is 641. The first kappa shape index (κ1) is 13.9. The maximum atomic E-state index is 12.6. The van der Waals surface area contributed by atoms with Gasteiger partial charge in [0.15, 0.2) is 0 Å². The molecule has 4 amide bonds. The van der Waals surface area contributed by atoms with Gasteiger partial charge in [0.1, 0.15) is 11.2 Å². The van der Waals surface area contributed by atoms with Crippen molar-refractivity contribution in [2.75, 3.05) is 13.1 Å². The van der Waals surface area contributed by atoms with E-state index in [9.17, 15) is 14.4 Å².